The lowest BCUT2D eigenvalue weighted by atomic mass is 10.1. The smallest absolute Gasteiger partial charge is 0.227 e. The summed E-state index contributed by atoms with van der Waals surface area (Å²) in [5.74, 6) is 1.08. The maximum atomic E-state index is 9.66. The normalized spacial score (nSPS) is 17.1. The number of nitrogens with zero attached hydrogens (tertiary/aromatic N) is 4. The van der Waals surface area contributed by atoms with Gasteiger partial charge in [0.25, 0.3) is 0 Å². The van der Waals surface area contributed by atoms with Crippen molar-refractivity contribution < 1.29 is 14.6 Å². The number of hydrogen-bond acceptors (Lipinski definition) is 8. The molecule has 3 heterocycles. The summed E-state index contributed by atoms with van der Waals surface area (Å²) in [6.07, 6.45) is 3.24. The van der Waals surface area contributed by atoms with E-state index in [1.807, 2.05) is 36.4 Å². The van der Waals surface area contributed by atoms with E-state index in [0.717, 1.165) is 49.4 Å². The van der Waals surface area contributed by atoms with Crippen LogP contribution in [0.25, 0.3) is 11.3 Å². The van der Waals surface area contributed by atoms with Gasteiger partial charge in [-0.15, -0.1) is 0 Å². The second kappa shape index (κ2) is 10.2. The quantitative estimate of drug-likeness (QED) is 0.556. The number of ether oxygens (including phenoxy) is 2. The summed E-state index contributed by atoms with van der Waals surface area (Å²) < 4.78 is 11.4. The zero-order valence-corrected chi connectivity index (χ0v) is 18.9. The lowest BCUT2D eigenvalue weighted by Gasteiger charge is -2.35. The number of aromatic nitrogens is 2. The predicted molar refractivity (Wildman–Crippen MR) is 128 cm³/mol. The van der Waals surface area contributed by atoms with Gasteiger partial charge in [-0.3, -0.25) is 4.90 Å². The number of benzene rings is 2. The Hall–Kier alpha value is -3.51. The third-order valence-corrected chi connectivity index (χ3v) is 6.07. The first kappa shape index (κ1) is 22.3. The Bertz CT molecular complexity index is 1170. The zero-order valence-electron chi connectivity index (χ0n) is 18.9. The van der Waals surface area contributed by atoms with E-state index in [2.05, 4.69) is 38.4 Å². The molecule has 34 heavy (non-hydrogen) atoms. The molecule has 8 heteroatoms. The van der Waals surface area contributed by atoms with Crippen LogP contribution >= 0.6 is 0 Å². The molecule has 2 fully saturated rings. The fraction of sp³-hybridized carbons (Fsp3) is 0.346. The first-order valence-corrected chi connectivity index (χ1v) is 11.5. The maximum Gasteiger partial charge on any atom is 0.227 e. The molecule has 2 saturated heterocycles. The van der Waals surface area contributed by atoms with Crippen molar-refractivity contribution in [1.82, 2.24) is 14.9 Å². The number of nitrogens with one attached hydrogen (secondary N) is 1. The molecule has 1 aromatic heterocycles. The Morgan fingerprint density at radius 1 is 1.12 bits per heavy atom. The van der Waals surface area contributed by atoms with Gasteiger partial charge in [0.1, 0.15) is 17.9 Å². The zero-order chi connectivity index (χ0) is 23.3. The van der Waals surface area contributed by atoms with Crippen molar-refractivity contribution in [3.8, 4) is 23.1 Å². The van der Waals surface area contributed by atoms with E-state index in [9.17, 15) is 10.4 Å². The van der Waals surface area contributed by atoms with Crippen LogP contribution in [0.15, 0.2) is 54.7 Å². The molecule has 0 aliphatic carbocycles. The van der Waals surface area contributed by atoms with E-state index in [-0.39, 0.29) is 12.2 Å². The molecule has 2 aliphatic heterocycles. The van der Waals surface area contributed by atoms with Crippen LogP contribution in [-0.2, 0) is 11.3 Å². The molecule has 2 aliphatic rings. The van der Waals surface area contributed by atoms with Gasteiger partial charge >= 0.3 is 0 Å². The van der Waals surface area contributed by atoms with Gasteiger partial charge in [-0.25, -0.2) is 9.97 Å². The highest BCUT2D eigenvalue weighted by Gasteiger charge is 2.23. The SMILES string of the molecule is N#Cc1cc(-c2ccnc(Nc3ccc(CN4CC(O)C4)cc3)n2)ccc1OC1CCOCC1. The van der Waals surface area contributed by atoms with E-state index in [0.29, 0.717) is 30.5 Å². The average Bonchev–Trinajstić information content (AvgIpc) is 2.85. The van der Waals surface area contributed by atoms with E-state index >= 15 is 0 Å². The molecule has 0 saturated carbocycles. The van der Waals surface area contributed by atoms with Gasteiger partial charge in [0.2, 0.25) is 5.95 Å². The number of nitriles is 1. The summed E-state index contributed by atoms with van der Waals surface area (Å²) >= 11 is 0. The number of hydrogen-bond donors (Lipinski definition) is 2. The van der Waals surface area contributed by atoms with Gasteiger partial charge in [0.15, 0.2) is 0 Å². The number of β-amino-alcohol motifs (C(OH)–C–C–N with tert-alkyl or cyclic N) is 1. The molecule has 2 N–H and O–H groups in total. The van der Waals surface area contributed by atoms with Crippen LogP contribution in [0.2, 0.25) is 0 Å². The monoisotopic (exact) mass is 457 g/mol. The molecule has 0 atom stereocenters. The first-order valence-electron chi connectivity index (χ1n) is 11.5. The van der Waals surface area contributed by atoms with E-state index < -0.39 is 0 Å². The topological polar surface area (TPSA) is 104 Å². The highest BCUT2D eigenvalue weighted by atomic mass is 16.5. The molecule has 0 amide bonds. The van der Waals surface area contributed by atoms with Gasteiger partial charge < -0.3 is 19.9 Å². The Kier molecular flexibility index (Phi) is 6.67. The van der Waals surface area contributed by atoms with Crippen molar-refractivity contribution in [2.75, 3.05) is 31.6 Å². The third kappa shape index (κ3) is 5.34. The van der Waals surface area contributed by atoms with Crippen LogP contribution < -0.4 is 10.1 Å². The van der Waals surface area contributed by atoms with Crippen LogP contribution in [0, 0.1) is 11.3 Å². The molecule has 174 valence electrons. The van der Waals surface area contributed by atoms with Gasteiger partial charge in [-0.1, -0.05) is 12.1 Å². The van der Waals surface area contributed by atoms with Gasteiger partial charge in [-0.2, -0.15) is 5.26 Å². The predicted octanol–water partition coefficient (Wildman–Crippen LogP) is 3.49. The van der Waals surface area contributed by atoms with Crippen LogP contribution in [0.1, 0.15) is 24.0 Å². The van der Waals surface area contributed by atoms with Crippen molar-refractivity contribution in [2.45, 2.75) is 31.6 Å². The third-order valence-electron chi connectivity index (χ3n) is 6.07. The van der Waals surface area contributed by atoms with Crippen molar-refractivity contribution in [3.63, 3.8) is 0 Å². The summed E-state index contributed by atoms with van der Waals surface area (Å²) in [7, 11) is 0. The lowest BCUT2D eigenvalue weighted by Crippen LogP contribution is -2.49. The van der Waals surface area contributed by atoms with Crippen LogP contribution in [-0.4, -0.2) is 58.5 Å². The molecule has 8 nitrogen and oxygen atoms in total. The van der Waals surface area contributed by atoms with Crippen LogP contribution in [0.3, 0.4) is 0 Å². The molecule has 0 radical (unpaired) electrons. The van der Waals surface area contributed by atoms with Crippen LogP contribution in [0.5, 0.6) is 5.75 Å². The van der Waals surface area contributed by atoms with Crippen molar-refractivity contribution in [1.29, 1.82) is 5.26 Å². The average molecular weight is 458 g/mol. The minimum atomic E-state index is -0.190. The van der Waals surface area contributed by atoms with Gasteiger partial charge in [0, 0.05) is 49.9 Å². The van der Waals surface area contributed by atoms with E-state index in [1.165, 1.54) is 5.56 Å². The fourth-order valence-corrected chi connectivity index (χ4v) is 4.19. The van der Waals surface area contributed by atoms with Gasteiger partial charge in [0.05, 0.1) is 30.6 Å². The van der Waals surface area contributed by atoms with Crippen LogP contribution in [0.4, 0.5) is 11.6 Å². The minimum absolute atomic E-state index is 0.0745. The summed E-state index contributed by atoms with van der Waals surface area (Å²) in [4.78, 5) is 11.2. The number of aliphatic hydroxyl groups is 1. The Morgan fingerprint density at radius 2 is 1.91 bits per heavy atom. The molecule has 0 bridgehead atoms. The van der Waals surface area contributed by atoms with E-state index in [4.69, 9.17) is 9.47 Å². The lowest BCUT2D eigenvalue weighted by molar-refractivity contribution is -0.00286. The molecule has 5 rings (SSSR count). The standard InChI is InChI=1S/C26H27N5O3/c27-14-20-13-19(3-6-25(20)34-23-8-11-33-12-9-23)24-7-10-28-26(30-24)29-21-4-1-18(2-5-21)15-31-16-22(32)17-31/h1-7,10,13,22-23,32H,8-9,11-12,15-17H2,(H,28,29,30). The second-order valence-electron chi connectivity index (χ2n) is 8.69. The largest absolute Gasteiger partial charge is 0.489 e. The second-order valence-corrected chi connectivity index (χ2v) is 8.69. The Labute approximate surface area is 198 Å². The van der Waals surface area contributed by atoms with Crippen molar-refractivity contribution in [2.24, 2.45) is 0 Å². The summed E-state index contributed by atoms with van der Waals surface area (Å²) in [5, 5.41) is 22.3. The van der Waals surface area contributed by atoms with Gasteiger partial charge in [-0.05, 0) is 42.0 Å². The maximum absolute atomic E-state index is 9.66. The Balaban J connectivity index is 1.26. The highest BCUT2D eigenvalue weighted by Crippen LogP contribution is 2.28. The summed E-state index contributed by atoms with van der Waals surface area (Å²) in [5.41, 5.74) is 4.12. The molecule has 0 spiro atoms. The van der Waals surface area contributed by atoms with Crippen molar-refractivity contribution in [3.05, 3.63) is 65.9 Å². The summed E-state index contributed by atoms with van der Waals surface area (Å²) in [6, 6.07) is 17.8. The van der Waals surface area contributed by atoms with Crippen molar-refractivity contribution >= 4 is 11.6 Å². The molecular formula is C26H27N5O3. The molecule has 0 unspecified atom stereocenters. The number of rotatable bonds is 7. The number of likely N-dealkylation sites (tertiary alicyclic amines) is 1. The summed E-state index contributed by atoms with van der Waals surface area (Å²) in [6.45, 7) is 3.67. The fourth-order valence-electron chi connectivity index (χ4n) is 4.19. The van der Waals surface area contributed by atoms with E-state index in [1.54, 1.807) is 6.20 Å². The Morgan fingerprint density at radius 3 is 2.65 bits per heavy atom. The number of aliphatic hydroxyl groups excluding tert-OH is 1. The first-order chi connectivity index (χ1) is 16.7. The molecule has 2 aromatic carbocycles. The minimum Gasteiger partial charge on any atom is -0.489 e. The molecule has 3 aromatic rings. The number of anilines is 2. The highest BCUT2D eigenvalue weighted by molar-refractivity contribution is 5.65. The molecular weight excluding hydrogens is 430 g/mol.